The molecule has 112 valence electrons. The molecule has 0 saturated carbocycles. The van der Waals surface area contributed by atoms with Crippen molar-refractivity contribution in [3.63, 3.8) is 0 Å². The van der Waals surface area contributed by atoms with Crippen LogP contribution in [0.2, 0.25) is 18.1 Å². The van der Waals surface area contributed by atoms with Gasteiger partial charge < -0.3 is 15.1 Å². The number of nitrogens with one attached hydrogen (secondary N) is 2. The second kappa shape index (κ2) is 5.82. The number of hydrogen-bond donors (Lipinski definition) is 2. The molecule has 0 aromatic rings. The van der Waals surface area contributed by atoms with Crippen molar-refractivity contribution in [2.75, 3.05) is 39.3 Å². The van der Waals surface area contributed by atoms with Crippen LogP contribution in [0.1, 0.15) is 20.8 Å². The molecule has 0 aromatic heterocycles. The van der Waals surface area contributed by atoms with Crippen molar-refractivity contribution in [1.29, 1.82) is 0 Å². The third-order valence-electron chi connectivity index (χ3n) is 5.02. The van der Waals surface area contributed by atoms with Gasteiger partial charge in [0.05, 0.1) is 6.61 Å². The molecule has 2 aliphatic heterocycles. The first-order valence-corrected chi connectivity index (χ1v) is 10.5. The van der Waals surface area contributed by atoms with Crippen LogP contribution in [0.5, 0.6) is 0 Å². The highest BCUT2D eigenvalue weighted by molar-refractivity contribution is 6.74. The minimum Gasteiger partial charge on any atom is -0.415 e. The van der Waals surface area contributed by atoms with E-state index in [1.807, 2.05) is 0 Å². The van der Waals surface area contributed by atoms with E-state index in [9.17, 15) is 0 Å². The number of rotatable bonds is 3. The quantitative estimate of drug-likeness (QED) is 0.765. The fourth-order valence-corrected chi connectivity index (χ4v) is 3.58. The standard InChI is InChI=1S/C14H31N3OSi/c1-14(2,3)19(4,5)18-11-12-10-17-7-6-15-8-13(17)9-16-12/h12-13,15-16H,6-11H2,1-5H3/t12-,13-/m0/s1. The molecule has 0 unspecified atom stereocenters. The molecule has 0 bridgehead atoms. The first-order chi connectivity index (χ1) is 8.79. The lowest BCUT2D eigenvalue weighted by atomic mass is 10.1. The van der Waals surface area contributed by atoms with Crippen LogP contribution in [-0.4, -0.2) is 64.6 Å². The van der Waals surface area contributed by atoms with Crippen LogP contribution in [-0.2, 0) is 4.43 Å². The average molecular weight is 286 g/mol. The van der Waals surface area contributed by atoms with Gasteiger partial charge in [0.25, 0.3) is 0 Å². The largest absolute Gasteiger partial charge is 0.415 e. The number of piperazine rings is 2. The van der Waals surface area contributed by atoms with Crippen molar-refractivity contribution in [2.24, 2.45) is 0 Å². The summed E-state index contributed by atoms with van der Waals surface area (Å²) < 4.78 is 6.35. The zero-order valence-electron chi connectivity index (χ0n) is 13.3. The van der Waals surface area contributed by atoms with Crippen LogP contribution in [0.3, 0.4) is 0 Å². The summed E-state index contributed by atoms with van der Waals surface area (Å²) >= 11 is 0. The Morgan fingerprint density at radius 2 is 2.00 bits per heavy atom. The SMILES string of the molecule is CC(C)(C)[Si](C)(C)OC[C@@H]1CN2CCNC[C@H]2CN1. The minimum atomic E-state index is -1.60. The molecule has 0 aliphatic carbocycles. The Balaban J connectivity index is 1.81. The molecule has 2 saturated heterocycles. The molecule has 0 spiro atoms. The van der Waals surface area contributed by atoms with Gasteiger partial charge in [0.1, 0.15) is 0 Å². The van der Waals surface area contributed by atoms with Gasteiger partial charge in [-0.1, -0.05) is 20.8 Å². The van der Waals surface area contributed by atoms with Crippen LogP contribution in [0, 0.1) is 0 Å². The summed E-state index contributed by atoms with van der Waals surface area (Å²) in [5.41, 5.74) is 0. The molecule has 0 radical (unpaired) electrons. The summed E-state index contributed by atoms with van der Waals surface area (Å²) in [5, 5.41) is 7.43. The third-order valence-corrected chi connectivity index (χ3v) is 9.52. The molecule has 0 amide bonds. The van der Waals surface area contributed by atoms with Crippen LogP contribution >= 0.6 is 0 Å². The Bertz CT molecular complexity index is 304. The summed E-state index contributed by atoms with van der Waals surface area (Å²) in [7, 11) is -1.60. The maximum atomic E-state index is 6.35. The Morgan fingerprint density at radius 3 is 2.68 bits per heavy atom. The van der Waals surface area contributed by atoms with Gasteiger partial charge in [0.15, 0.2) is 8.32 Å². The van der Waals surface area contributed by atoms with Gasteiger partial charge >= 0.3 is 0 Å². The van der Waals surface area contributed by atoms with Crippen molar-refractivity contribution in [3.8, 4) is 0 Å². The van der Waals surface area contributed by atoms with Crippen LogP contribution in [0.15, 0.2) is 0 Å². The highest BCUT2D eigenvalue weighted by atomic mass is 28.4. The molecule has 4 nitrogen and oxygen atoms in total. The molecule has 2 atom stereocenters. The average Bonchev–Trinajstić information content (AvgIpc) is 2.35. The number of hydrogen-bond acceptors (Lipinski definition) is 4. The zero-order valence-corrected chi connectivity index (χ0v) is 14.3. The first-order valence-electron chi connectivity index (χ1n) is 7.62. The Hall–Kier alpha value is 0.0569. The lowest BCUT2D eigenvalue weighted by Crippen LogP contribution is -2.64. The van der Waals surface area contributed by atoms with E-state index >= 15 is 0 Å². The predicted octanol–water partition coefficient (Wildman–Crippen LogP) is 1.25. The summed E-state index contributed by atoms with van der Waals surface area (Å²) in [5.74, 6) is 0. The Kier molecular flexibility index (Phi) is 4.73. The molecule has 0 aromatic carbocycles. The van der Waals surface area contributed by atoms with E-state index in [0.717, 1.165) is 32.8 Å². The van der Waals surface area contributed by atoms with E-state index in [2.05, 4.69) is 49.4 Å². The van der Waals surface area contributed by atoms with Gasteiger partial charge in [-0.15, -0.1) is 0 Å². The lowest BCUT2D eigenvalue weighted by molar-refractivity contribution is 0.0851. The smallest absolute Gasteiger partial charge is 0.192 e. The van der Waals surface area contributed by atoms with Gasteiger partial charge in [-0.05, 0) is 18.1 Å². The third kappa shape index (κ3) is 3.79. The van der Waals surface area contributed by atoms with Gasteiger partial charge in [-0.2, -0.15) is 0 Å². The van der Waals surface area contributed by atoms with Crippen LogP contribution in [0.25, 0.3) is 0 Å². The van der Waals surface area contributed by atoms with E-state index in [4.69, 9.17) is 4.43 Å². The molecule has 2 aliphatic rings. The fraction of sp³-hybridized carbons (Fsp3) is 1.00. The summed E-state index contributed by atoms with van der Waals surface area (Å²) in [6.45, 7) is 18.1. The van der Waals surface area contributed by atoms with Crippen LogP contribution < -0.4 is 10.6 Å². The van der Waals surface area contributed by atoms with Crippen molar-refractivity contribution < 1.29 is 4.43 Å². The maximum absolute atomic E-state index is 6.35. The van der Waals surface area contributed by atoms with Crippen molar-refractivity contribution in [1.82, 2.24) is 15.5 Å². The molecular formula is C14H31N3OSi. The van der Waals surface area contributed by atoms with E-state index in [0.29, 0.717) is 17.1 Å². The summed E-state index contributed by atoms with van der Waals surface area (Å²) in [4.78, 5) is 2.62. The second-order valence-electron chi connectivity index (χ2n) is 7.53. The lowest BCUT2D eigenvalue weighted by Gasteiger charge is -2.44. The molecule has 19 heavy (non-hydrogen) atoms. The molecule has 2 N–H and O–H groups in total. The van der Waals surface area contributed by atoms with E-state index in [1.165, 1.54) is 6.54 Å². The van der Waals surface area contributed by atoms with Crippen molar-refractivity contribution >= 4 is 8.32 Å². The summed E-state index contributed by atoms with van der Waals surface area (Å²) in [6, 6.07) is 1.18. The normalized spacial score (nSPS) is 30.2. The van der Waals surface area contributed by atoms with E-state index in [-0.39, 0.29) is 0 Å². The molecular weight excluding hydrogens is 254 g/mol. The Morgan fingerprint density at radius 1 is 1.26 bits per heavy atom. The molecule has 2 fully saturated rings. The highest BCUT2D eigenvalue weighted by Gasteiger charge is 2.38. The second-order valence-corrected chi connectivity index (χ2v) is 12.3. The van der Waals surface area contributed by atoms with Crippen LogP contribution in [0.4, 0.5) is 0 Å². The van der Waals surface area contributed by atoms with E-state index < -0.39 is 8.32 Å². The van der Waals surface area contributed by atoms with Gasteiger partial charge in [0, 0.05) is 44.8 Å². The summed E-state index contributed by atoms with van der Waals surface area (Å²) in [6.07, 6.45) is 0. The molecule has 2 heterocycles. The van der Waals surface area contributed by atoms with Crippen molar-refractivity contribution in [2.45, 2.75) is 51.0 Å². The molecule has 2 rings (SSSR count). The van der Waals surface area contributed by atoms with Crippen molar-refractivity contribution in [3.05, 3.63) is 0 Å². The topological polar surface area (TPSA) is 36.5 Å². The number of fused-ring (bicyclic) bond motifs is 1. The zero-order chi connectivity index (χ0) is 14.1. The van der Waals surface area contributed by atoms with Gasteiger partial charge in [0.2, 0.25) is 0 Å². The molecule has 5 heteroatoms. The monoisotopic (exact) mass is 285 g/mol. The fourth-order valence-electron chi connectivity index (χ4n) is 2.53. The first kappa shape index (κ1) is 15.4. The number of nitrogens with zero attached hydrogens (tertiary/aromatic N) is 1. The van der Waals surface area contributed by atoms with E-state index in [1.54, 1.807) is 0 Å². The predicted molar refractivity (Wildman–Crippen MR) is 83.2 cm³/mol. The van der Waals surface area contributed by atoms with Gasteiger partial charge in [-0.25, -0.2) is 0 Å². The highest BCUT2D eigenvalue weighted by Crippen LogP contribution is 2.36. The maximum Gasteiger partial charge on any atom is 0.192 e. The minimum absolute atomic E-state index is 0.305. The Labute approximate surface area is 119 Å². The van der Waals surface area contributed by atoms with Gasteiger partial charge in [-0.3, -0.25) is 4.90 Å².